The van der Waals surface area contributed by atoms with Crippen LogP contribution in [0.5, 0.6) is 0 Å². The number of nitrogens with one attached hydrogen (secondary N) is 1. The molecule has 88 valence electrons. The average molecular weight is 353 g/mol. The summed E-state index contributed by atoms with van der Waals surface area (Å²) in [5, 5.41) is 3.10. The number of hydrogen-bond acceptors (Lipinski definition) is 5. The van der Waals surface area contributed by atoms with Gasteiger partial charge in [-0.2, -0.15) is 0 Å². The first-order valence-corrected chi connectivity index (χ1v) is 7.75. The van der Waals surface area contributed by atoms with Gasteiger partial charge in [0, 0.05) is 16.0 Å². The lowest BCUT2D eigenvalue weighted by Gasteiger charge is -2.23. The number of sulfone groups is 1. The number of nitrogens with zero attached hydrogens (tertiary/aromatic N) is 2. The molecule has 1 unspecified atom stereocenters. The summed E-state index contributed by atoms with van der Waals surface area (Å²) in [6.45, 7) is 1.89. The van der Waals surface area contributed by atoms with Gasteiger partial charge >= 0.3 is 0 Å². The molecule has 0 aromatic carbocycles. The Kier molecular flexibility index (Phi) is 3.08. The van der Waals surface area contributed by atoms with Crippen LogP contribution in [-0.2, 0) is 9.84 Å². The predicted octanol–water partition coefficient (Wildman–Crippen LogP) is 1.07. The third-order valence-electron chi connectivity index (χ3n) is 2.54. The van der Waals surface area contributed by atoms with Crippen LogP contribution in [0.2, 0.25) is 0 Å². The number of rotatable bonds is 2. The Morgan fingerprint density at radius 3 is 2.56 bits per heavy atom. The highest BCUT2D eigenvalue weighted by Crippen LogP contribution is 2.25. The van der Waals surface area contributed by atoms with E-state index in [4.69, 9.17) is 0 Å². The van der Waals surface area contributed by atoms with E-state index in [0.717, 1.165) is 3.57 Å². The number of aromatic nitrogens is 2. The first-order valence-electron chi connectivity index (χ1n) is 4.85. The minimum Gasteiger partial charge on any atom is -0.348 e. The summed E-state index contributed by atoms with van der Waals surface area (Å²) in [6.07, 6.45) is 4.00. The summed E-state index contributed by atoms with van der Waals surface area (Å²) in [5.74, 6) is 0.871. The van der Waals surface area contributed by atoms with Crippen molar-refractivity contribution in [3.05, 3.63) is 16.0 Å². The second-order valence-corrected chi connectivity index (χ2v) is 7.68. The highest BCUT2D eigenvalue weighted by atomic mass is 127. The third kappa shape index (κ3) is 2.82. The molecule has 1 aromatic heterocycles. The van der Waals surface area contributed by atoms with Crippen molar-refractivity contribution in [3.8, 4) is 0 Å². The first kappa shape index (κ1) is 12.0. The Hall–Kier alpha value is -0.440. The Labute approximate surface area is 108 Å². The van der Waals surface area contributed by atoms with Gasteiger partial charge in [-0.15, -0.1) is 0 Å². The fraction of sp³-hybridized carbons (Fsp3) is 0.556. The molecule has 0 saturated carbocycles. The fourth-order valence-electron chi connectivity index (χ4n) is 1.76. The Morgan fingerprint density at radius 2 is 2.06 bits per heavy atom. The molecule has 0 spiro atoms. The molecule has 0 bridgehead atoms. The molecule has 0 radical (unpaired) electrons. The van der Waals surface area contributed by atoms with Crippen LogP contribution in [0.4, 0.5) is 5.95 Å². The molecule has 2 heterocycles. The molecule has 5 nitrogen and oxygen atoms in total. The predicted molar refractivity (Wildman–Crippen MR) is 70.0 cm³/mol. The monoisotopic (exact) mass is 353 g/mol. The average Bonchev–Trinajstić information content (AvgIpc) is 2.45. The van der Waals surface area contributed by atoms with Crippen LogP contribution in [0.3, 0.4) is 0 Å². The SMILES string of the molecule is CC1(Nc2ncc(I)cn2)CCS(=O)(=O)C1. The summed E-state index contributed by atoms with van der Waals surface area (Å²) < 4.78 is 23.8. The van der Waals surface area contributed by atoms with E-state index in [1.54, 1.807) is 12.4 Å². The van der Waals surface area contributed by atoms with Gasteiger partial charge in [-0.05, 0) is 35.9 Å². The summed E-state index contributed by atoms with van der Waals surface area (Å²) in [6, 6.07) is 0. The second kappa shape index (κ2) is 4.10. The van der Waals surface area contributed by atoms with Crippen molar-refractivity contribution in [1.82, 2.24) is 9.97 Å². The van der Waals surface area contributed by atoms with Gasteiger partial charge in [-0.3, -0.25) is 0 Å². The summed E-state index contributed by atoms with van der Waals surface area (Å²) in [5.41, 5.74) is -0.439. The Morgan fingerprint density at radius 1 is 1.44 bits per heavy atom. The van der Waals surface area contributed by atoms with E-state index in [2.05, 4.69) is 37.9 Å². The molecule has 7 heteroatoms. The van der Waals surface area contributed by atoms with Crippen LogP contribution < -0.4 is 5.32 Å². The standard InChI is InChI=1S/C9H12IN3O2S/c1-9(2-3-16(14,15)6-9)13-8-11-4-7(10)5-12-8/h4-5H,2-3,6H2,1H3,(H,11,12,13). The molecule has 16 heavy (non-hydrogen) atoms. The van der Waals surface area contributed by atoms with Crippen LogP contribution in [-0.4, -0.2) is 35.4 Å². The van der Waals surface area contributed by atoms with Crippen LogP contribution in [0.1, 0.15) is 13.3 Å². The van der Waals surface area contributed by atoms with Gasteiger partial charge in [-0.1, -0.05) is 0 Å². The Balaban J connectivity index is 2.13. The quantitative estimate of drug-likeness (QED) is 0.806. The topological polar surface area (TPSA) is 72.0 Å². The van der Waals surface area contributed by atoms with Crippen molar-refractivity contribution in [2.45, 2.75) is 18.9 Å². The van der Waals surface area contributed by atoms with E-state index in [0.29, 0.717) is 12.4 Å². The van der Waals surface area contributed by atoms with E-state index >= 15 is 0 Å². The van der Waals surface area contributed by atoms with E-state index in [1.807, 2.05) is 6.92 Å². The summed E-state index contributed by atoms with van der Waals surface area (Å²) in [4.78, 5) is 8.22. The normalized spacial score (nSPS) is 27.9. The molecule has 0 amide bonds. The van der Waals surface area contributed by atoms with E-state index in [9.17, 15) is 8.42 Å². The highest BCUT2D eigenvalue weighted by Gasteiger charge is 2.38. The van der Waals surface area contributed by atoms with Crippen LogP contribution in [0, 0.1) is 3.57 Å². The zero-order valence-corrected chi connectivity index (χ0v) is 11.7. The lowest BCUT2D eigenvalue weighted by atomic mass is 10.0. The van der Waals surface area contributed by atoms with E-state index < -0.39 is 15.4 Å². The zero-order chi connectivity index (χ0) is 11.8. The van der Waals surface area contributed by atoms with Gasteiger partial charge in [0.2, 0.25) is 5.95 Å². The summed E-state index contributed by atoms with van der Waals surface area (Å²) in [7, 11) is -2.90. The van der Waals surface area contributed by atoms with E-state index in [-0.39, 0.29) is 11.5 Å². The maximum absolute atomic E-state index is 11.4. The van der Waals surface area contributed by atoms with Crippen LogP contribution >= 0.6 is 22.6 Å². The van der Waals surface area contributed by atoms with Crippen molar-refractivity contribution in [1.29, 1.82) is 0 Å². The molecular weight excluding hydrogens is 341 g/mol. The van der Waals surface area contributed by atoms with Gasteiger partial charge in [0.1, 0.15) is 0 Å². The molecule has 1 N–H and O–H groups in total. The number of hydrogen-bond donors (Lipinski definition) is 1. The molecule has 2 rings (SSSR count). The van der Waals surface area contributed by atoms with Crippen LogP contribution in [0.25, 0.3) is 0 Å². The lowest BCUT2D eigenvalue weighted by Crippen LogP contribution is -2.36. The van der Waals surface area contributed by atoms with Gasteiger partial charge in [0.05, 0.1) is 17.0 Å². The first-order chi connectivity index (χ1) is 7.39. The van der Waals surface area contributed by atoms with Gasteiger partial charge in [0.25, 0.3) is 0 Å². The largest absolute Gasteiger partial charge is 0.348 e. The fourth-order valence-corrected chi connectivity index (χ4v) is 4.13. The zero-order valence-electron chi connectivity index (χ0n) is 8.77. The minimum absolute atomic E-state index is 0.148. The van der Waals surface area contributed by atoms with Gasteiger partial charge in [-0.25, -0.2) is 18.4 Å². The molecule has 0 aliphatic carbocycles. The molecule has 1 atom stereocenters. The van der Waals surface area contributed by atoms with E-state index in [1.165, 1.54) is 0 Å². The smallest absolute Gasteiger partial charge is 0.223 e. The van der Waals surface area contributed by atoms with Gasteiger partial charge in [0.15, 0.2) is 9.84 Å². The molecule has 1 saturated heterocycles. The summed E-state index contributed by atoms with van der Waals surface area (Å²) >= 11 is 2.12. The molecule has 1 fully saturated rings. The minimum atomic E-state index is -2.90. The molecule has 1 aliphatic rings. The maximum Gasteiger partial charge on any atom is 0.223 e. The van der Waals surface area contributed by atoms with Crippen molar-refractivity contribution in [3.63, 3.8) is 0 Å². The lowest BCUT2D eigenvalue weighted by molar-refractivity contribution is 0.569. The van der Waals surface area contributed by atoms with Crippen molar-refractivity contribution in [2.75, 3.05) is 16.8 Å². The molecular formula is C9H12IN3O2S. The Bertz CT molecular complexity index is 488. The highest BCUT2D eigenvalue weighted by molar-refractivity contribution is 14.1. The second-order valence-electron chi connectivity index (χ2n) is 4.25. The number of halogens is 1. The van der Waals surface area contributed by atoms with Crippen molar-refractivity contribution in [2.24, 2.45) is 0 Å². The molecule has 1 aromatic rings. The van der Waals surface area contributed by atoms with Crippen LogP contribution in [0.15, 0.2) is 12.4 Å². The number of anilines is 1. The third-order valence-corrected chi connectivity index (χ3v) is 5.00. The maximum atomic E-state index is 11.4. The molecule has 1 aliphatic heterocycles. The van der Waals surface area contributed by atoms with Crippen molar-refractivity contribution < 1.29 is 8.42 Å². The van der Waals surface area contributed by atoms with Crippen molar-refractivity contribution >= 4 is 38.4 Å². The van der Waals surface area contributed by atoms with Gasteiger partial charge < -0.3 is 5.32 Å².